The van der Waals surface area contributed by atoms with E-state index >= 15 is 0 Å². The number of carbonyl (C=O) groups excluding carboxylic acids is 2. The first-order valence-electron chi connectivity index (χ1n) is 15.7. The summed E-state index contributed by atoms with van der Waals surface area (Å²) in [4.78, 5) is 24.0. The van der Waals surface area contributed by atoms with E-state index in [1.807, 2.05) is 0 Å². The normalized spacial score (nSPS) is 10.9. The lowest BCUT2D eigenvalue weighted by Gasteiger charge is -2.08. The van der Waals surface area contributed by atoms with Crippen molar-refractivity contribution in [2.24, 2.45) is 0 Å². The van der Waals surface area contributed by atoms with Crippen LogP contribution in [0.5, 0.6) is 0 Å². The Morgan fingerprint density at radius 2 is 0.639 bits per heavy atom. The van der Waals surface area contributed by atoms with Gasteiger partial charge in [-0.1, -0.05) is 162 Å². The number of esters is 2. The Bertz CT molecular complexity index is 470. The minimum atomic E-state index is -0.641. The Kier molecular flexibility index (Phi) is 27.2. The fraction of sp³-hybridized carbons (Fsp3) is 0.875. The topological polar surface area (TPSA) is 52.6 Å². The molecule has 0 unspecified atom stereocenters. The summed E-state index contributed by atoms with van der Waals surface area (Å²) < 4.78 is 10.4. The van der Waals surface area contributed by atoms with E-state index in [-0.39, 0.29) is 5.57 Å². The summed E-state index contributed by atoms with van der Waals surface area (Å²) in [7, 11) is 0. The van der Waals surface area contributed by atoms with Gasteiger partial charge in [0.15, 0.2) is 0 Å². The van der Waals surface area contributed by atoms with Gasteiger partial charge in [0.25, 0.3) is 0 Å². The molecule has 0 aliphatic rings. The fourth-order valence-electron chi connectivity index (χ4n) is 4.47. The molecule has 36 heavy (non-hydrogen) atoms. The van der Waals surface area contributed by atoms with Crippen LogP contribution in [0.15, 0.2) is 12.2 Å². The van der Waals surface area contributed by atoms with Crippen molar-refractivity contribution in [1.82, 2.24) is 0 Å². The molecule has 0 saturated heterocycles. The second-order valence-corrected chi connectivity index (χ2v) is 10.5. The van der Waals surface area contributed by atoms with Crippen molar-refractivity contribution in [1.29, 1.82) is 0 Å². The van der Waals surface area contributed by atoms with Crippen molar-refractivity contribution in [3.8, 4) is 0 Å². The Balaban J connectivity index is 3.45. The summed E-state index contributed by atoms with van der Waals surface area (Å²) in [6.07, 6.45) is 30.3. The third kappa shape index (κ3) is 24.4. The second-order valence-electron chi connectivity index (χ2n) is 10.5. The number of carbonyl (C=O) groups is 2. The van der Waals surface area contributed by atoms with Crippen molar-refractivity contribution < 1.29 is 19.1 Å². The minimum Gasteiger partial charge on any atom is -0.462 e. The first kappa shape index (κ1) is 34.7. The molecule has 0 N–H and O–H groups in total. The molecule has 0 fully saturated rings. The zero-order valence-corrected chi connectivity index (χ0v) is 24.2. The summed E-state index contributed by atoms with van der Waals surface area (Å²) in [6, 6.07) is 0. The van der Waals surface area contributed by atoms with Gasteiger partial charge in [0.1, 0.15) is 5.57 Å². The molecule has 0 saturated carbocycles. The van der Waals surface area contributed by atoms with Crippen molar-refractivity contribution in [3.05, 3.63) is 12.2 Å². The lowest BCUT2D eigenvalue weighted by atomic mass is 10.1. The van der Waals surface area contributed by atoms with E-state index in [1.54, 1.807) is 0 Å². The third-order valence-corrected chi connectivity index (χ3v) is 6.95. The predicted octanol–water partition coefficient (Wildman–Crippen LogP) is 10.0. The predicted molar refractivity (Wildman–Crippen MR) is 153 cm³/mol. The van der Waals surface area contributed by atoms with Crippen molar-refractivity contribution in [3.63, 3.8) is 0 Å². The molecule has 0 radical (unpaired) electrons. The molecule has 0 bridgehead atoms. The highest BCUT2D eigenvalue weighted by molar-refractivity contribution is 6.13. The number of ether oxygens (including phenoxy) is 2. The summed E-state index contributed by atoms with van der Waals surface area (Å²) in [5.41, 5.74) is -0.187. The Labute approximate surface area is 224 Å². The van der Waals surface area contributed by atoms with Crippen molar-refractivity contribution >= 4 is 11.9 Å². The number of rotatable bonds is 28. The van der Waals surface area contributed by atoms with Crippen LogP contribution in [0.2, 0.25) is 0 Å². The van der Waals surface area contributed by atoms with Gasteiger partial charge in [-0.3, -0.25) is 0 Å². The molecule has 4 nitrogen and oxygen atoms in total. The van der Waals surface area contributed by atoms with Crippen LogP contribution in [0, 0.1) is 0 Å². The number of unbranched alkanes of at least 4 members (excludes halogenated alkanes) is 22. The van der Waals surface area contributed by atoms with Gasteiger partial charge in [-0.2, -0.15) is 0 Å². The number of hydrogen-bond acceptors (Lipinski definition) is 4. The van der Waals surface area contributed by atoms with Gasteiger partial charge in [0.2, 0.25) is 0 Å². The fourth-order valence-corrected chi connectivity index (χ4v) is 4.47. The molecule has 0 aromatic carbocycles. The van der Waals surface area contributed by atoms with Crippen LogP contribution in [0.25, 0.3) is 0 Å². The highest BCUT2D eigenvalue weighted by atomic mass is 16.6. The highest BCUT2D eigenvalue weighted by Gasteiger charge is 2.18. The minimum absolute atomic E-state index is 0.187. The SMILES string of the molecule is C=C(C(=O)OCCCCCCCCCCCCCC)C(=O)OCCCCCCCCCCCCCC. The van der Waals surface area contributed by atoms with Gasteiger partial charge in [-0.15, -0.1) is 0 Å². The zero-order chi connectivity index (χ0) is 26.5. The van der Waals surface area contributed by atoms with E-state index in [4.69, 9.17) is 9.47 Å². The van der Waals surface area contributed by atoms with E-state index < -0.39 is 11.9 Å². The average molecular weight is 509 g/mol. The summed E-state index contributed by atoms with van der Waals surface area (Å²) in [6.45, 7) is 8.78. The molecule has 0 atom stereocenters. The molecule has 0 rings (SSSR count). The summed E-state index contributed by atoms with van der Waals surface area (Å²) >= 11 is 0. The molecule has 0 aromatic rings. The quantitative estimate of drug-likeness (QED) is 0.0347. The lowest BCUT2D eigenvalue weighted by Crippen LogP contribution is -2.18. The Hall–Kier alpha value is -1.32. The van der Waals surface area contributed by atoms with Gasteiger partial charge in [0, 0.05) is 0 Å². The van der Waals surface area contributed by atoms with Gasteiger partial charge < -0.3 is 9.47 Å². The van der Waals surface area contributed by atoms with E-state index in [0.717, 1.165) is 25.7 Å². The summed E-state index contributed by atoms with van der Waals surface area (Å²) in [5.74, 6) is -1.28. The largest absolute Gasteiger partial charge is 0.462 e. The zero-order valence-electron chi connectivity index (χ0n) is 24.2. The van der Waals surface area contributed by atoms with Crippen LogP contribution in [-0.4, -0.2) is 25.2 Å². The standard InChI is InChI=1S/C32H60O4/c1-4-6-8-10-12-14-16-18-20-22-24-26-28-35-31(33)30(3)32(34)36-29-27-25-23-21-19-17-15-13-11-9-7-5-2/h3-29H2,1-2H3. The van der Waals surface area contributed by atoms with Crippen LogP contribution in [-0.2, 0) is 19.1 Å². The average Bonchev–Trinajstić information content (AvgIpc) is 2.88. The molecular formula is C32H60O4. The van der Waals surface area contributed by atoms with Gasteiger partial charge in [-0.05, 0) is 12.8 Å². The first-order chi connectivity index (χ1) is 17.6. The maximum atomic E-state index is 12.0. The molecule has 0 heterocycles. The second kappa shape index (κ2) is 28.3. The smallest absolute Gasteiger partial charge is 0.344 e. The van der Waals surface area contributed by atoms with Crippen LogP contribution in [0.4, 0.5) is 0 Å². The maximum Gasteiger partial charge on any atom is 0.344 e. The van der Waals surface area contributed by atoms with E-state index in [9.17, 15) is 9.59 Å². The van der Waals surface area contributed by atoms with Crippen LogP contribution >= 0.6 is 0 Å². The highest BCUT2D eigenvalue weighted by Crippen LogP contribution is 2.13. The molecule has 4 heteroatoms. The van der Waals surface area contributed by atoms with Crippen LogP contribution in [0.1, 0.15) is 168 Å². The van der Waals surface area contributed by atoms with Crippen molar-refractivity contribution in [2.45, 2.75) is 168 Å². The lowest BCUT2D eigenvalue weighted by molar-refractivity contribution is -0.147. The Morgan fingerprint density at radius 3 is 0.889 bits per heavy atom. The third-order valence-electron chi connectivity index (χ3n) is 6.95. The molecular weight excluding hydrogens is 448 g/mol. The van der Waals surface area contributed by atoms with E-state index in [2.05, 4.69) is 20.4 Å². The van der Waals surface area contributed by atoms with E-state index in [1.165, 1.54) is 128 Å². The van der Waals surface area contributed by atoms with Crippen LogP contribution < -0.4 is 0 Å². The molecule has 0 aromatic heterocycles. The van der Waals surface area contributed by atoms with Gasteiger partial charge >= 0.3 is 11.9 Å². The number of hydrogen-bond donors (Lipinski definition) is 0. The van der Waals surface area contributed by atoms with Crippen molar-refractivity contribution in [2.75, 3.05) is 13.2 Å². The molecule has 212 valence electrons. The van der Waals surface area contributed by atoms with Crippen LogP contribution in [0.3, 0.4) is 0 Å². The Morgan fingerprint density at radius 1 is 0.417 bits per heavy atom. The molecule has 0 aliphatic heterocycles. The van der Waals surface area contributed by atoms with E-state index in [0.29, 0.717) is 13.2 Å². The maximum absolute atomic E-state index is 12.0. The molecule has 0 aliphatic carbocycles. The monoisotopic (exact) mass is 508 g/mol. The molecule has 0 amide bonds. The first-order valence-corrected chi connectivity index (χ1v) is 15.7. The van der Waals surface area contributed by atoms with Gasteiger partial charge in [0.05, 0.1) is 13.2 Å². The molecule has 0 spiro atoms. The van der Waals surface area contributed by atoms with Gasteiger partial charge in [-0.25, -0.2) is 9.59 Å². The summed E-state index contributed by atoms with van der Waals surface area (Å²) in [5, 5.41) is 0.